The topological polar surface area (TPSA) is 59.0 Å². The highest BCUT2D eigenvalue weighted by molar-refractivity contribution is 14.1. The summed E-state index contributed by atoms with van der Waals surface area (Å²) >= 11 is 2.12. The third-order valence-corrected chi connectivity index (χ3v) is 3.57. The number of hydrogen-bond donors (Lipinski definition) is 1. The molecule has 0 radical (unpaired) electrons. The molecule has 1 amide bonds. The van der Waals surface area contributed by atoms with Gasteiger partial charge in [0, 0.05) is 29.9 Å². The minimum atomic E-state index is -0.203. The van der Waals surface area contributed by atoms with Gasteiger partial charge in [0.15, 0.2) is 0 Å². The van der Waals surface area contributed by atoms with Crippen LogP contribution in [0.25, 0.3) is 0 Å². The van der Waals surface area contributed by atoms with E-state index in [1.807, 2.05) is 13.8 Å². The Hall–Kier alpha value is -0.860. The largest absolute Gasteiger partial charge is 0.507 e. The zero-order valence-corrected chi connectivity index (χ0v) is 14.6. The fraction of sp³-hybridized carbons (Fsp3) is 0.533. The van der Waals surface area contributed by atoms with Crippen molar-refractivity contribution in [2.45, 2.75) is 13.8 Å². The smallest absolute Gasteiger partial charge is 0.257 e. The second-order valence-corrected chi connectivity index (χ2v) is 5.59. The van der Waals surface area contributed by atoms with Crippen LogP contribution in [0.4, 0.5) is 0 Å². The summed E-state index contributed by atoms with van der Waals surface area (Å²) in [5.41, 5.74) is 0.315. The van der Waals surface area contributed by atoms with Gasteiger partial charge in [-0.05, 0) is 54.6 Å². The average molecular weight is 407 g/mol. The van der Waals surface area contributed by atoms with Gasteiger partial charge in [0.2, 0.25) is 0 Å². The van der Waals surface area contributed by atoms with Crippen LogP contribution in [0, 0.1) is 3.57 Å². The molecule has 0 aliphatic rings. The molecule has 1 rings (SSSR count). The summed E-state index contributed by atoms with van der Waals surface area (Å²) in [6.07, 6.45) is 0. The molecule has 0 bridgehead atoms. The van der Waals surface area contributed by atoms with E-state index in [0.29, 0.717) is 45.1 Å². The third kappa shape index (κ3) is 6.19. The Bertz CT molecular complexity index is 443. The normalized spacial score (nSPS) is 10.6. The molecule has 0 heterocycles. The van der Waals surface area contributed by atoms with Crippen molar-refractivity contribution in [3.05, 3.63) is 27.3 Å². The van der Waals surface area contributed by atoms with E-state index in [2.05, 4.69) is 22.6 Å². The lowest BCUT2D eigenvalue weighted by atomic mass is 10.1. The van der Waals surface area contributed by atoms with Crippen LogP contribution in [0.3, 0.4) is 0 Å². The highest BCUT2D eigenvalue weighted by Crippen LogP contribution is 2.21. The third-order valence-electron chi connectivity index (χ3n) is 2.90. The number of nitrogens with zero attached hydrogens (tertiary/aromatic N) is 1. The van der Waals surface area contributed by atoms with Crippen molar-refractivity contribution in [3.63, 3.8) is 0 Å². The van der Waals surface area contributed by atoms with Gasteiger partial charge < -0.3 is 19.5 Å². The van der Waals surface area contributed by atoms with Crippen LogP contribution in [0.15, 0.2) is 18.2 Å². The van der Waals surface area contributed by atoms with E-state index in [-0.39, 0.29) is 11.7 Å². The summed E-state index contributed by atoms with van der Waals surface area (Å²) in [5.74, 6) is -0.205. The molecule has 1 N–H and O–H groups in total. The summed E-state index contributed by atoms with van der Waals surface area (Å²) < 4.78 is 11.5. The van der Waals surface area contributed by atoms with E-state index in [9.17, 15) is 9.90 Å². The summed E-state index contributed by atoms with van der Waals surface area (Å²) in [4.78, 5) is 14.2. The fourth-order valence-electron chi connectivity index (χ4n) is 1.80. The number of amides is 1. The van der Waals surface area contributed by atoms with E-state index in [0.717, 1.165) is 3.57 Å². The Labute approximate surface area is 139 Å². The summed E-state index contributed by atoms with van der Waals surface area (Å²) in [5, 5.41) is 9.88. The number of rotatable bonds is 9. The van der Waals surface area contributed by atoms with Crippen molar-refractivity contribution >= 4 is 28.5 Å². The van der Waals surface area contributed by atoms with Crippen LogP contribution < -0.4 is 0 Å². The second kappa shape index (κ2) is 9.97. The molecule has 21 heavy (non-hydrogen) atoms. The monoisotopic (exact) mass is 407 g/mol. The van der Waals surface area contributed by atoms with E-state index in [4.69, 9.17) is 9.47 Å². The van der Waals surface area contributed by atoms with Crippen LogP contribution in [-0.2, 0) is 9.47 Å². The van der Waals surface area contributed by atoms with E-state index in [1.54, 1.807) is 17.0 Å². The number of hydrogen-bond acceptors (Lipinski definition) is 4. The molecule has 5 nitrogen and oxygen atoms in total. The first-order valence-electron chi connectivity index (χ1n) is 7.03. The average Bonchev–Trinajstić information content (AvgIpc) is 2.48. The Morgan fingerprint density at radius 2 is 1.76 bits per heavy atom. The number of carbonyl (C=O) groups excluding carboxylic acids is 1. The maximum atomic E-state index is 12.6. The number of halogens is 1. The Balaban J connectivity index is 2.79. The first kappa shape index (κ1) is 18.2. The predicted octanol–water partition coefficient (Wildman–Crippen LogP) is 2.51. The molecule has 0 saturated carbocycles. The van der Waals surface area contributed by atoms with E-state index >= 15 is 0 Å². The van der Waals surface area contributed by atoms with Gasteiger partial charge in [-0.15, -0.1) is 0 Å². The van der Waals surface area contributed by atoms with Crippen molar-refractivity contribution in [3.8, 4) is 5.75 Å². The van der Waals surface area contributed by atoms with Gasteiger partial charge in [0.1, 0.15) is 5.75 Å². The molecule has 0 atom stereocenters. The highest BCUT2D eigenvalue weighted by Gasteiger charge is 2.19. The van der Waals surface area contributed by atoms with Gasteiger partial charge in [0.25, 0.3) is 5.91 Å². The van der Waals surface area contributed by atoms with Gasteiger partial charge in [-0.1, -0.05) is 0 Å². The zero-order chi connectivity index (χ0) is 15.7. The summed E-state index contributed by atoms with van der Waals surface area (Å²) in [6.45, 7) is 6.95. The van der Waals surface area contributed by atoms with Gasteiger partial charge in [-0.2, -0.15) is 0 Å². The van der Waals surface area contributed by atoms with Crippen LogP contribution >= 0.6 is 22.6 Å². The van der Waals surface area contributed by atoms with Crippen molar-refractivity contribution in [1.82, 2.24) is 4.90 Å². The molecule has 0 fully saturated rings. The van der Waals surface area contributed by atoms with Crippen LogP contribution in [-0.4, -0.2) is 55.4 Å². The van der Waals surface area contributed by atoms with Gasteiger partial charge in [0.05, 0.1) is 18.8 Å². The van der Waals surface area contributed by atoms with Crippen molar-refractivity contribution in [2.75, 3.05) is 39.5 Å². The Morgan fingerprint density at radius 3 is 2.29 bits per heavy atom. The SMILES string of the molecule is CCOCCN(CCOCC)C(=O)c1cc(I)ccc1O. The van der Waals surface area contributed by atoms with Crippen molar-refractivity contribution in [1.29, 1.82) is 0 Å². The standard InChI is InChI=1S/C15H22INO4/c1-3-20-9-7-17(8-10-21-4-2)15(19)13-11-12(16)5-6-14(13)18/h5-6,11,18H,3-4,7-10H2,1-2H3. The molecule has 0 spiro atoms. The number of carbonyl (C=O) groups is 1. The predicted molar refractivity (Wildman–Crippen MR) is 89.7 cm³/mol. The first-order valence-corrected chi connectivity index (χ1v) is 8.11. The first-order chi connectivity index (χ1) is 10.1. The molecular weight excluding hydrogens is 385 g/mol. The van der Waals surface area contributed by atoms with E-state index in [1.165, 1.54) is 6.07 Å². The quantitative estimate of drug-likeness (QED) is 0.505. The van der Waals surface area contributed by atoms with Crippen LogP contribution in [0.2, 0.25) is 0 Å². The molecule has 1 aromatic carbocycles. The molecule has 0 aliphatic carbocycles. The number of aromatic hydroxyl groups is 1. The minimum Gasteiger partial charge on any atom is -0.507 e. The number of ether oxygens (including phenoxy) is 2. The molecule has 6 heteroatoms. The summed E-state index contributed by atoms with van der Waals surface area (Å²) in [6, 6.07) is 4.99. The lowest BCUT2D eigenvalue weighted by molar-refractivity contribution is 0.0547. The lowest BCUT2D eigenvalue weighted by Gasteiger charge is -2.23. The fourth-order valence-corrected chi connectivity index (χ4v) is 2.29. The Morgan fingerprint density at radius 1 is 1.19 bits per heavy atom. The molecule has 0 unspecified atom stereocenters. The van der Waals surface area contributed by atoms with Gasteiger partial charge in [-0.25, -0.2) is 0 Å². The van der Waals surface area contributed by atoms with Gasteiger partial charge in [-0.3, -0.25) is 4.79 Å². The van der Waals surface area contributed by atoms with Gasteiger partial charge >= 0.3 is 0 Å². The molecule has 0 aliphatic heterocycles. The maximum absolute atomic E-state index is 12.6. The Kier molecular flexibility index (Phi) is 8.63. The second-order valence-electron chi connectivity index (χ2n) is 4.35. The maximum Gasteiger partial charge on any atom is 0.257 e. The van der Waals surface area contributed by atoms with E-state index < -0.39 is 0 Å². The highest BCUT2D eigenvalue weighted by atomic mass is 127. The summed E-state index contributed by atoms with van der Waals surface area (Å²) in [7, 11) is 0. The zero-order valence-electron chi connectivity index (χ0n) is 12.5. The molecule has 118 valence electrons. The number of phenolic OH excluding ortho intramolecular Hbond substituents is 1. The van der Waals surface area contributed by atoms with Crippen LogP contribution in [0.1, 0.15) is 24.2 Å². The van der Waals surface area contributed by atoms with Crippen LogP contribution in [0.5, 0.6) is 5.75 Å². The molecule has 0 saturated heterocycles. The lowest BCUT2D eigenvalue weighted by Crippen LogP contribution is -2.36. The molecule has 1 aromatic rings. The molecule has 0 aromatic heterocycles. The molecular formula is C15H22INO4. The number of benzene rings is 1. The van der Waals surface area contributed by atoms with Crippen molar-refractivity contribution in [2.24, 2.45) is 0 Å². The minimum absolute atomic E-state index is 0.00163. The van der Waals surface area contributed by atoms with Crippen molar-refractivity contribution < 1.29 is 19.4 Å². The number of phenols is 1.